The zero-order valence-corrected chi connectivity index (χ0v) is 23.0. The lowest BCUT2D eigenvalue weighted by molar-refractivity contribution is -0.123. The van der Waals surface area contributed by atoms with Gasteiger partial charge in [0.05, 0.1) is 25.1 Å². The standard InChI is InChI=1S/C28H33N5O5S/c1-4-38-19-12-10-17(11-13-19)24(27(35)31-18-7-5-6-8-18)33(20-15-16(2)9-14-21(20)37-3)28(36)25-22(29)23(26(30)34)32-39-25/h9-15,18,24H,4-8,29H2,1-3H3,(H2,30,34)(H,31,35). The molecule has 3 aromatic rings. The number of methoxy groups -OCH3 is 1. The van der Waals surface area contributed by atoms with Gasteiger partial charge < -0.3 is 26.3 Å². The molecule has 0 bridgehead atoms. The Labute approximate surface area is 231 Å². The molecule has 2 aromatic carbocycles. The van der Waals surface area contributed by atoms with E-state index in [1.807, 2.05) is 19.9 Å². The number of anilines is 2. The molecule has 1 aliphatic carbocycles. The molecule has 10 nitrogen and oxygen atoms in total. The number of nitrogens with zero attached hydrogens (tertiary/aromatic N) is 2. The maximum Gasteiger partial charge on any atom is 0.273 e. The highest BCUT2D eigenvalue weighted by atomic mass is 32.1. The molecule has 206 valence electrons. The lowest BCUT2D eigenvalue weighted by Crippen LogP contribution is -2.46. The monoisotopic (exact) mass is 551 g/mol. The van der Waals surface area contributed by atoms with Crippen molar-refractivity contribution in [3.8, 4) is 11.5 Å². The highest BCUT2D eigenvalue weighted by Gasteiger charge is 2.38. The highest BCUT2D eigenvalue weighted by molar-refractivity contribution is 7.09. The Morgan fingerprint density at radius 3 is 2.44 bits per heavy atom. The number of benzene rings is 2. The summed E-state index contributed by atoms with van der Waals surface area (Å²) < 4.78 is 15.2. The average Bonchev–Trinajstić information content (AvgIpc) is 3.57. The van der Waals surface area contributed by atoms with Crippen LogP contribution in [0.3, 0.4) is 0 Å². The fourth-order valence-electron chi connectivity index (χ4n) is 4.77. The molecule has 1 aromatic heterocycles. The fraction of sp³-hybridized carbons (Fsp3) is 0.357. The van der Waals surface area contributed by atoms with Crippen LogP contribution in [0.1, 0.15) is 69.9 Å². The molecule has 1 heterocycles. The SMILES string of the molecule is CCOc1ccc(C(C(=O)NC2CCCC2)N(C(=O)c2snc(C(N)=O)c2N)c2cc(C)ccc2OC)cc1. The molecule has 1 unspecified atom stereocenters. The summed E-state index contributed by atoms with van der Waals surface area (Å²) in [4.78, 5) is 41.6. The molecule has 0 radical (unpaired) electrons. The number of nitrogen functional groups attached to an aromatic ring is 1. The number of hydrogen-bond donors (Lipinski definition) is 3. The Balaban J connectivity index is 1.90. The summed E-state index contributed by atoms with van der Waals surface area (Å²) in [5.41, 5.74) is 13.0. The number of ether oxygens (including phenoxy) is 2. The molecule has 39 heavy (non-hydrogen) atoms. The lowest BCUT2D eigenvalue weighted by atomic mass is 10.0. The Kier molecular flexibility index (Phi) is 8.70. The predicted molar refractivity (Wildman–Crippen MR) is 150 cm³/mol. The molecule has 4 rings (SSSR count). The van der Waals surface area contributed by atoms with E-state index >= 15 is 0 Å². The summed E-state index contributed by atoms with van der Waals surface area (Å²) in [5, 5.41) is 3.14. The van der Waals surface area contributed by atoms with Crippen molar-refractivity contribution in [2.45, 2.75) is 51.6 Å². The molecule has 1 saturated carbocycles. The van der Waals surface area contributed by atoms with Crippen LogP contribution in [0.5, 0.6) is 11.5 Å². The van der Waals surface area contributed by atoms with E-state index < -0.39 is 17.9 Å². The van der Waals surface area contributed by atoms with Crippen molar-refractivity contribution in [3.05, 3.63) is 64.2 Å². The molecule has 0 aliphatic heterocycles. The van der Waals surface area contributed by atoms with E-state index in [4.69, 9.17) is 20.9 Å². The largest absolute Gasteiger partial charge is 0.495 e. The summed E-state index contributed by atoms with van der Waals surface area (Å²) >= 11 is 0.760. The molecule has 0 saturated heterocycles. The van der Waals surface area contributed by atoms with Gasteiger partial charge in [0.2, 0.25) is 5.91 Å². The minimum absolute atomic E-state index is 0.00281. The van der Waals surface area contributed by atoms with Gasteiger partial charge in [-0.3, -0.25) is 19.3 Å². The number of nitrogens with one attached hydrogen (secondary N) is 1. The number of nitrogens with two attached hydrogens (primary N) is 2. The van der Waals surface area contributed by atoms with Gasteiger partial charge in [0.15, 0.2) is 5.69 Å². The van der Waals surface area contributed by atoms with E-state index in [1.54, 1.807) is 36.4 Å². The summed E-state index contributed by atoms with van der Waals surface area (Å²) in [5.74, 6) is -0.774. The third kappa shape index (κ3) is 5.98. The fourth-order valence-corrected chi connectivity index (χ4v) is 5.52. The molecule has 1 atom stereocenters. The van der Waals surface area contributed by atoms with Crippen LogP contribution in [0.25, 0.3) is 0 Å². The molecule has 5 N–H and O–H groups in total. The van der Waals surface area contributed by atoms with Crippen molar-refractivity contribution in [2.24, 2.45) is 5.73 Å². The van der Waals surface area contributed by atoms with Gasteiger partial charge in [-0.25, -0.2) is 0 Å². The van der Waals surface area contributed by atoms with Gasteiger partial charge in [0.1, 0.15) is 22.4 Å². The first-order chi connectivity index (χ1) is 18.7. The van der Waals surface area contributed by atoms with Crippen LogP contribution < -0.4 is 31.2 Å². The summed E-state index contributed by atoms with van der Waals surface area (Å²) in [6.45, 7) is 4.25. The van der Waals surface area contributed by atoms with Crippen molar-refractivity contribution in [1.82, 2.24) is 9.69 Å². The molecular formula is C28H33N5O5S. The second-order valence-electron chi connectivity index (χ2n) is 9.38. The summed E-state index contributed by atoms with van der Waals surface area (Å²) in [6.07, 6.45) is 3.79. The van der Waals surface area contributed by atoms with Crippen LogP contribution >= 0.6 is 11.5 Å². The van der Waals surface area contributed by atoms with Gasteiger partial charge in [-0.2, -0.15) is 4.37 Å². The van der Waals surface area contributed by atoms with E-state index in [1.165, 1.54) is 12.0 Å². The summed E-state index contributed by atoms with van der Waals surface area (Å²) in [6, 6.07) is 11.3. The van der Waals surface area contributed by atoms with Crippen LogP contribution in [0.15, 0.2) is 42.5 Å². The van der Waals surface area contributed by atoms with E-state index in [0.717, 1.165) is 42.8 Å². The number of rotatable bonds is 10. The first-order valence-electron chi connectivity index (χ1n) is 12.8. The Morgan fingerprint density at radius 2 is 1.85 bits per heavy atom. The van der Waals surface area contributed by atoms with Crippen molar-refractivity contribution >= 4 is 40.6 Å². The van der Waals surface area contributed by atoms with Crippen molar-refractivity contribution < 1.29 is 23.9 Å². The number of primary amides is 1. The van der Waals surface area contributed by atoms with Gasteiger partial charge in [-0.05, 0) is 73.6 Å². The number of carbonyl (C=O) groups excluding carboxylic acids is 3. The number of aryl methyl sites for hydroxylation is 1. The second-order valence-corrected chi connectivity index (χ2v) is 10.2. The average molecular weight is 552 g/mol. The lowest BCUT2D eigenvalue weighted by Gasteiger charge is -2.33. The van der Waals surface area contributed by atoms with Gasteiger partial charge >= 0.3 is 0 Å². The van der Waals surface area contributed by atoms with Crippen LogP contribution in [0.2, 0.25) is 0 Å². The normalized spacial score (nSPS) is 14.0. The number of amides is 3. The first kappa shape index (κ1) is 27.9. The van der Waals surface area contributed by atoms with Gasteiger partial charge in [-0.1, -0.05) is 31.0 Å². The number of hydrogen-bond acceptors (Lipinski definition) is 8. The van der Waals surface area contributed by atoms with Gasteiger partial charge in [0, 0.05) is 6.04 Å². The maximum absolute atomic E-state index is 14.3. The molecule has 3 amide bonds. The van der Waals surface area contributed by atoms with Gasteiger partial charge in [-0.15, -0.1) is 0 Å². The highest BCUT2D eigenvalue weighted by Crippen LogP contribution is 2.39. The molecule has 0 spiro atoms. The molecule has 1 aliphatic rings. The zero-order chi connectivity index (χ0) is 28.1. The third-order valence-electron chi connectivity index (χ3n) is 6.68. The summed E-state index contributed by atoms with van der Waals surface area (Å²) in [7, 11) is 1.49. The minimum Gasteiger partial charge on any atom is -0.495 e. The Morgan fingerprint density at radius 1 is 1.15 bits per heavy atom. The topological polar surface area (TPSA) is 150 Å². The quantitative estimate of drug-likeness (QED) is 0.345. The maximum atomic E-state index is 14.3. The van der Waals surface area contributed by atoms with Crippen LogP contribution in [-0.2, 0) is 4.79 Å². The van der Waals surface area contributed by atoms with Crippen molar-refractivity contribution in [3.63, 3.8) is 0 Å². The van der Waals surface area contributed by atoms with E-state index in [9.17, 15) is 14.4 Å². The Hall–Kier alpha value is -4.12. The zero-order valence-electron chi connectivity index (χ0n) is 22.2. The molecular weight excluding hydrogens is 518 g/mol. The number of carbonyl (C=O) groups is 3. The third-order valence-corrected chi connectivity index (χ3v) is 7.53. The Bertz CT molecular complexity index is 1350. The molecule has 11 heteroatoms. The number of aromatic nitrogens is 1. The van der Waals surface area contributed by atoms with Crippen LogP contribution in [0.4, 0.5) is 11.4 Å². The first-order valence-corrected chi connectivity index (χ1v) is 13.6. The van der Waals surface area contributed by atoms with E-state index in [0.29, 0.717) is 29.4 Å². The smallest absolute Gasteiger partial charge is 0.273 e. The van der Waals surface area contributed by atoms with Gasteiger partial charge in [0.25, 0.3) is 11.8 Å². The second kappa shape index (κ2) is 12.2. The molecule has 1 fully saturated rings. The van der Waals surface area contributed by atoms with Crippen LogP contribution in [-0.4, -0.2) is 41.9 Å². The van der Waals surface area contributed by atoms with Crippen LogP contribution in [0, 0.1) is 6.92 Å². The van der Waals surface area contributed by atoms with E-state index in [2.05, 4.69) is 9.69 Å². The van der Waals surface area contributed by atoms with Crippen molar-refractivity contribution in [2.75, 3.05) is 24.4 Å². The minimum atomic E-state index is -1.09. The predicted octanol–water partition coefficient (Wildman–Crippen LogP) is 3.99. The van der Waals surface area contributed by atoms with E-state index in [-0.39, 0.29) is 28.2 Å². The van der Waals surface area contributed by atoms with Crippen molar-refractivity contribution in [1.29, 1.82) is 0 Å².